The lowest BCUT2D eigenvalue weighted by Crippen LogP contribution is -2.39. The van der Waals surface area contributed by atoms with Gasteiger partial charge in [-0.1, -0.05) is 30.3 Å². The standard InChI is InChI=1S/C21H21N5O/c1-16(21(27)24-20-11-7-6-8-18(20)12-22)25(2)14-17-13-23-26(15-17)19-9-4-3-5-10-19/h3-11,13,15-16H,14H2,1-2H3,(H,24,27)/t16-/m0/s1. The number of nitrogens with one attached hydrogen (secondary N) is 1. The van der Waals surface area contributed by atoms with Crippen molar-refractivity contribution in [3.63, 3.8) is 0 Å². The Balaban J connectivity index is 1.64. The molecule has 0 aliphatic heterocycles. The second-order valence-corrected chi connectivity index (χ2v) is 6.37. The van der Waals surface area contributed by atoms with Crippen molar-refractivity contribution in [1.82, 2.24) is 14.7 Å². The van der Waals surface area contributed by atoms with Gasteiger partial charge in [0.2, 0.25) is 5.91 Å². The molecule has 0 saturated heterocycles. The molecule has 1 atom stereocenters. The van der Waals surface area contributed by atoms with E-state index in [9.17, 15) is 4.79 Å². The van der Waals surface area contributed by atoms with Crippen LogP contribution in [-0.4, -0.2) is 33.7 Å². The maximum atomic E-state index is 12.6. The summed E-state index contributed by atoms with van der Waals surface area (Å²) >= 11 is 0. The summed E-state index contributed by atoms with van der Waals surface area (Å²) in [6.45, 7) is 2.42. The minimum Gasteiger partial charge on any atom is -0.324 e. The molecule has 0 bridgehead atoms. The van der Waals surface area contributed by atoms with Crippen LogP contribution in [0.3, 0.4) is 0 Å². The van der Waals surface area contributed by atoms with E-state index in [0.29, 0.717) is 17.8 Å². The molecule has 27 heavy (non-hydrogen) atoms. The van der Waals surface area contributed by atoms with Crippen molar-refractivity contribution in [3.8, 4) is 11.8 Å². The van der Waals surface area contributed by atoms with E-state index in [0.717, 1.165) is 11.3 Å². The fraction of sp³-hybridized carbons (Fsp3) is 0.190. The Kier molecular flexibility index (Phi) is 5.64. The molecule has 0 spiro atoms. The number of likely N-dealkylation sites (N-methyl/N-ethyl adjacent to an activating group) is 1. The van der Waals surface area contributed by atoms with Gasteiger partial charge in [-0.2, -0.15) is 10.4 Å². The molecule has 6 heteroatoms. The predicted molar refractivity (Wildman–Crippen MR) is 104 cm³/mol. The van der Waals surface area contributed by atoms with Crippen LogP contribution in [0.4, 0.5) is 5.69 Å². The van der Waals surface area contributed by atoms with Crippen LogP contribution in [0, 0.1) is 11.3 Å². The van der Waals surface area contributed by atoms with Crippen molar-refractivity contribution in [2.24, 2.45) is 0 Å². The zero-order chi connectivity index (χ0) is 19.2. The van der Waals surface area contributed by atoms with Gasteiger partial charge < -0.3 is 5.32 Å². The van der Waals surface area contributed by atoms with E-state index in [1.807, 2.05) is 60.1 Å². The Hall–Kier alpha value is -3.43. The van der Waals surface area contributed by atoms with Crippen molar-refractivity contribution in [1.29, 1.82) is 5.26 Å². The third kappa shape index (κ3) is 4.40. The SMILES string of the molecule is C[C@@H](C(=O)Nc1ccccc1C#N)N(C)Cc1cnn(-c2ccccc2)c1. The number of carbonyl (C=O) groups excluding carboxylic acids is 1. The maximum absolute atomic E-state index is 12.6. The van der Waals surface area contributed by atoms with Crippen LogP contribution < -0.4 is 5.32 Å². The van der Waals surface area contributed by atoms with Crippen molar-refractivity contribution in [3.05, 3.63) is 78.1 Å². The first-order valence-electron chi connectivity index (χ1n) is 8.67. The molecular formula is C21H21N5O. The lowest BCUT2D eigenvalue weighted by atomic mass is 10.1. The molecule has 0 fully saturated rings. The first kappa shape index (κ1) is 18.4. The van der Waals surface area contributed by atoms with Crippen LogP contribution in [-0.2, 0) is 11.3 Å². The number of amides is 1. The maximum Gasteiger partial charge on any atom is 0.241 e. The molecule has 3 rings (SSSR count). The van der Waals surface area contributed by atoms with E-state index in [4.69, 9.17) is 5.26 Å². The summed E-state index contributed by atoms with van der Waals surface area (Å²) in [5.74, 6) is -0.157. The Labute approximate surface area is 158 Å². The van der Waals surface area contributed by atoms with Gasteiger partial charge in [0.25, 0.3) is 0 Å². The number of aromatic nitrogens is 2. The van der Waals surface area contributed by atoms with E-state index in [1.165, 1.54) is 0 Å². The summed E-state index contributed by atoms with van der Waals surface area (Å²) in [5, 5.41) is 16.4. The van der Waals surface area contributed by atoms with Crippen molar-refractivity contribution >= 4 is 11.6 Å². The number of benzene rings is 2. The van der Waals surface area contributed by atoms with Crippen molar-refractivity contribution in [2.45, 2.75) is 19.5 Å². The number of para-hydroxylation sites is 2. The van der Waals surface area contributed by atoms with Crippen LogP contribution in [0.2, 0.25) is 0 Å². The Morgan fingerprint density at radius 1 is 1.22 bits per heavy atom. The van der Waals surface area contributed by atoms with Gasteiger partial charge in [0.1, 0.15) is 6.07 Å². The number of hydrogen-bond acceptors (Lipinski definition) is 4. The lowest BCUT2D eigenvalue weighted by Gasteiger charge is -2.23. The monoisotopic (exact) mass is 359 g/mol. The molecule has 0 unspecified atom stereocenters. The summed E-state index contributed by atoms with van der Waals surface area (Å²) in [4.78, 5) is 14.5. The van der Waals surface area contributed by atoms with E-state index in [1.54, 1.807) is 30.5 Å². The molecule has 0 saturated carbocycles. The number of rotatable bonds is 6. The number of nitrogens with zero attached hydrogens (tertiary/aromatic N) is 4. The van der Waals surface area contributed by atoms with Crippen LogP contribution >= 0.6 is 0 Å². The minimum absolute atomic E-state index is 0.157. The third-order valence-corrected chi connectivity index (χ3v) is 4.43. The zero-order valence-electron chi connectivity index (χ0n) is 15.3. The average Bonchev–Trinajstić information content (AvgIpc) is 3.17. The highest BCUT2D eigenvalue weighted by atomic mass is 16.2. The second kappa shape index (κ2) is 8.30. The highest BCUT2D eigenvalue weighted by Crippen LogP contribution is 2.15. The molecule has 2 aromatic carbocycles. The molecule has 1 N–H and O–H groups in total. The summed E-state index contributed by atoms with van der Waals surface area (Å²) in [7, 11) is 1.89. The number of anilines is 1. The number of carbonyl (C=O) groups is 1. The van der Waals surface area contributed by atoms with Gasteiger partial charge in [0, 0.05) is 18.3 Å². The zero-order valence-corrected chi connectivity index (χ0v) is 15.3. The summed E-state index contributed by atoms with van der Waals surface area (Å²) < 4.78 is 1.82. The van der Waals surface area contributed by atoms with Crippen LogP contribution in [0.5, 0.6) is 0 Å². The molecule has 0 aliphatic rings. The second-order valence-electron chi connectivity index (χ2n) is 6.37. The lowest BCUT2D eigenvalue weighted by molar-refractivity contribution is -0.120. The van der Waals surface area contributed by atoms with Gasteiger partial charge in [-0.3, -0.25) is 9.69 Å². The average molecular weight is 359 g/mol. The quantitative estimate of drug-likeness (QED) is 0.733. The van der Waals surface area contributed by atoms with Crippen molar-refractivity contribution < 1.29 is 4.79 Å². The number of hydrogen-bond donors (Lipinski definition) is 1. The van der Waals surface area contributed by atoms with Gasteiger partial charge in [-0.05, 0) is 38.2 Å². The molecule has 0 aliphatic carbocycles. The Bertz CT molecular complexity index is 958. The van der Waals surface area contributed by atoms with Crippen LogP contribution in [0.15, 0.2) is 67.0 Å². The Morgan fingerprint density at radius 2 is 1.93 bits per heavy atom. The van der Waals surface area contributed by atoms with Gasteiger partial charge >= 0.3 is 0 Å². The van der Waals surface area contributed by atoms with Crippen LogP contribution in [0.1, 0.15) is 18.1 Å². The highest BCUT2D eigenvalue weighted by molar-refractivity contribution is 5.95. The smallest absolute Gasteiger partial charge is 0.241 e. The van der Waals surface area contributed by atoms with E-state index >= 15 is 0 Å². The Morgan fingerprint density at radius 3 is 2.67 bits per heavy atom. The molecule has 1 amide bonds. The largest absolute Gasteiger partial charge is 0.324 e. The molecule has 1 heterocycles. The fourth-order valence-electron chi connectivity index (χ4n) is 2.72. The van der Waals surface area contributed by atoms with Gasteiger partial charge in [0.15, 0.2) is 0 Å². The van der Waals surface area contributed by atoms with Crippen LogP contribution in [0.25, 0.3) is 5.69 Å². The van der Waals surface area contributed by atoms with E-state index < -0.39 is 0 Å². The predicted octanol–water partition coefficient (Wildman–Crippen LogP) is 3.20. The van der Waals surface area contributed by atoms with Gasteiger partial charge in [-0.25, -0.2) is 4.68 Å². The highest BCUT2D eigenvalue weighted by Gasteiger charge is 2.19. The fourth-order valence-corrected chi connectivity index (χ4v) is 2.72. The molecule has 6 nitrogen and oxygen atoms in total. The first-order valence-corrected chi connectivity index (χ1v) is 8.67. The molecular weight excluding hydrogens is 338 g/mol. The summed E-state index contributed by atoms with van der Waals surface area (Å²) in [5.41, 5.74) is 2.98. The first-order chi connectivity index (χ1) is 13.1. The topological polar surface area (TPSA) is 74.0 Å². The molecule has 1 aromatic heterocycles. The molecule has 0 radical (unpaired) electrons. The molecule has 136 valence electrons. The van der Waals surface area contributed by atoms with Crippen molar-refractivity contribution in [2.75, 3.05) is 12.4 Å². The summed E-state index contributed by atoms with van der Waals surface area (Å²) in [6, 6.07) is 18.6. The van der Waals surface area contributed by atoms with Gasteiger partial charge in [-0.15, -0.1) is 0 Å². The molecule has 3 aromatic rings. The number of nitriles is 1. The van der Waals surface area contributed by atoms with Gasteiger partial charge in [0.05, 0.1) is 29.2 Å². The third-order valence-electron chi connectivity index (χ3n) is 4.43. The minimum atomic E-state index is -0.364. The van der Waals surface area contributed by atoms with E-state index in [2.05, 4.69) is 16.5 Å². The summed E-state index contributed by atoms with van der Waals surface area (Å²) in [6.07, 6.45) is 3.76. The normalized spacial score (nSPS) is 11.8. The van der Waals surface area contributed by atoms with E-state index in [-0.39, 0.29) is 11.9 Å².